The van der Waals surface area contributed by atoms with Gasteiger partial charge in [-0.15, -0.1) is 0 Å². The summed E-state index contributed by atoms with van der Waals surface area (Å²) in [4.78, 5) is 14.1. The molecule has 0 aliphatic heterocycles. The Balaban J connectivity index is 1.61. The number of aliphatic hydroxyl groups is 2. The van der Waals surface area contributed by atoms with Crippen LogP contribution in [0.2, 0.25) is 0 Å². The maximum Gasteiger partial charge on any atom is 0.267 e. The number of hydrogen-bond acceptors (Lipinski definition) is 8. The van der Waals surface area contributed by atoms with E-state index in [4.69, 9.17) is 10.3 Å². The fraction of sp³-hybridized carbons (Fsp3) is 0.379. The van der Waals surface area contributed by atoms with E-state index < -0.39 is 27.4 Å². The Morgan fingerprint density at radius 2 is 1.93 bits per heavy atom. The summed E-state index contributed by atoms with van der Waals surface area (Å²) in [6, 6.07) is 3.21. The number of carbonyl (C=O) groups is 1. The lowest BCUT2D eigenvalue weighted by Gasteiger charge is -2.52. The molecule has 4 atom stereocenters. The van der Waals surface area contributed by atoms with Crippen molar-refractivity contribution in [2.24, 2.45) is 17.6 Å². The van der Waals surface area contributed by atoms with Gasteiger partial charge in [0.15, 0.2) is 16.3 Å². The third kappa shape index (κ3) is 3.87. The van der Waals surface area contributed by atoms with E-state index in [0.29, 0.717) is 40.8 Å². The van der Waals surface area contributed by atoms with Crippen LogP contribution in [0.3, 0.4) is 0 Å². The van der Waals surface area contributed by atoms with Crippen LogP contribution in [-0.4, -0.2) is 60.3 Å². The highest BCUT2D eigenvalue weighted by atomic mass is 32.2. The molecule has 10 nitrogen and oxygen atoms in total. The first-order valence-corrected chi connectivity index (χ1v) is 14.4. The van der Waals surface area contributed by atoms with Gasteiger partial charge in [0.2, 0.25) is 5.91 Å². The van der Waals surface area contributed by atoms with Crippen LogP contribution in [0.4, 0.5) is 5.69 Å². The topological polar surface area (TPSA) is 159 Å². The monoisotopic (exact) mass is 566 g/mol. The predicted molar refractivity (Wildman–Crippen MR) is 151 cm³/mol. The largest absolute Gasteiger partial charge is 0.509 e. The van der Waals surface area contributed by atoms with E-state index >= 15 is 0 Å². The van der Waals surface area contributed by atoms with Gasteiger partial charge < -0.3 is 25.4 Å². The Morgan fingerprint density at radius 1 is 1.25 bits per heavy atom. The van der Waals surface area contributed by atoms with Crippen molar-refractivity contribution in [2.45, 2.75) is 50.2 Å². The van der Waals surface area contributed by atoms with Crippen LogP contribution in [-0.2, 0) is 21.2 Å². The lowest BCUT2D eigenvalue weighted by molar-refractivity contribution is -0.115. The molecule has 1 aromatic heterocycles. The number of hydrogen-bond donors (Lipinski definition) is 4. The molecule has 0 spiro atoms. The minimum absolute atomic E-state index is 0.0195. The quantitative estimate of drug-likeness (QED) is 0.430. The summed E-state index contributed by atoms with van der Waals surface area (Å²) in [7, 11) is -0.314. The molecule has 0 unspecified atom stereocenters. The number of sulfonamides is 1. The standard InChI is InChI=1S/C29H34N4O6S/c1-13-22(32-40(37,38)26-16(4)31-39-17(26)5)9-8-18-10-19-11-21-23(33(6)7)12-20(28(30)35)15(3)29(21,36)27(34)25(19)14(2)24(13)18/h8-9,12,19,21,23,32,34,36H,2-3,10-11H2,1,4-7H3,(H2,30,35)/t19-,21-,23+,29-/m0/s1. The molecule has 0 saturated heterocycles. The Kier molecular flexibility index (Phi) is 6.40. The van der Waals surface area contributed by atoms with Gasteiger partial charge in [0.25, 0.3) is 10.0 Å². The highest BCUT2D eigenvalue weighted by Crippen LogP contribution is 2.56. The van der Waals surface area contributed by atoms with Crippen molar-refractivity contribution >= 4 is 27.2 Å². The fourth-order valence-electron chi connectivity index (χ4n) is 6.75. The van der Waals surface area contributed by atoms with Crippen molar-refractivity contribution in [3.63, 3.8) is 0 Å². The molecule has 0 saturated carbocycles. The lowest BCUT2D eigenvalue weighted by atomic mass is 9.57. The van der Waals surface area contributed by atoms with E-state index in [1.165, 1.54) is 6.92 Å². The Morgan fingerprint density at radius 3 is 2.50 bits per heavy atom. The van der Waals surface area contributed by atoms with Crippen LogP contribution in [0.1, 0.15) is 34.6 Å². The van der Waals surface area contributed by atoms with E-state index in [1.807, 2.05) is 25.1 Å². The number of primary amides is 1. The summed E-state index contributed by atoms with van der Waals surface area (Å²) >= 11 is 0. The third-order valence-electron chi connectivity index (χ3n) is 8.62. The molecule has 1 aromatic carbocycles. The van der Waals surface area contributed by atoms with Crippen molar-refractivity contribution in [3.05, 3.63) is 82.0 Å². The molecule has 0 fully saturated rings. The van der Waals surface area contributed by atoms with Crippen molar-refractivity contribution in [1.82, 2.24) is 10.1 Å². The number of amides is 1. The maximum atomic E-state index is 13.2. The highest BCUT2D eigenvalue weighted by Gasteiger charge is 2.57. The lowest BCUT2D eigenvalue weighted by Crippen LogP contribution is -2.58. The number of aliphatic hydroxyl groups excluding tert-OH is 1. The maximum absolute atomic E-state index is 13.2. The summed E-state index contributed by atoms with van der Waals surface area (Å²) in [5.74, 6) is -1.49. The molecule has 1 heterocycles. The van der Waals surface area contributed by atoms with Gasteiger partial charge in [-0.1, -0.05) is 30.5 Å². The smallest absolute Gasteiger partial charge is 0.267 e. The van der Waals surface area contributed by atoms with Gasteiger partial charge in [0.05, 0.1) is 5.69 Å². The second-order valence-electron chi connectivity index (χ2n) is 11.2. The molecule has 212 valence electrons. The number of benzene rings is 1. The van der Waals surface area contributed by atoms with Gasteiger partial charge in [-0.25, -0.2) is 8.42 Å². The molecule has 2 aromatic rings. The summed E-state index contributed by atoms with van der Waals surface area (Å²) in [5.41, 5.74) is 7.68. The van der Waals surface area contributed by atoms with Crippen LogP contribution in [0, 0.1) is 32.6 Å². The first-order chi connectivity index (χ1) is 18.6. The number of rotatable bonds is 5. The van der Waals surface area contributed by atoms with Crippen LogP contribution >= 0.6 is 0 Å². The average molecular weight is 567 g/mol. The highest BCUT2D eigenvalue weighted by molar-refractivity contribution is 7.92. The Labute approximate surface area is 233 Å². The van der Waals surface area contributed by atoms with Gasteiger partial charge in [-0.2, -0.15) is 0 Å². The van der Waals surface area contributed by atoms with Gasteiger partial charge in [-0.05, 0) is 87.5 Å². The number of nitrogens with two attached hydrogens (primary N) is 1. The predicted octanol–water partition coefficient (Wildman–Crippen LogP) is 3.06. The normalized spacial score (nSPS) is 26.3. The number of nitrogens with zero attached hydrogens (tertiary/aromatic N) is 2. The molecule has 11 heteroatoms. The number of allylic oxidation sites excluding steroid dienone is 2. The number of fused-ring (bicyclic) bond motifs is 3. The number of carbonyl (C=O) groups excluding carboxylic acids is 1. The summed E-state index contributed by atoms with van der Waals surface area (Å²) < 4.78 is 34.1. The van der Waals surface area contributed by atoms with Gasteiger partial charge in [-0.3, -0.25) is 9.52 Å². The van der Waals surface area contributed by atoms with Crippen LogP contribution in [0.15, 0.2) is 63.3 Å². The van der Waals surface area contributed by atoms with Gasteiger partial charge in [0, 0.05) is 23.1 Å². The van der Waals surface area contributed by atoms with Gasteiger partial charge >= 0.3 is 0 Å². The first-order valence-electron chi connectivity index (χ1n) is 12.9. The fourth-order valence-corrected chi connectivity index (χ4v) is 8.21. The van der Waals surface area contributed by atoms with E-state index in [2.05, 4.69) is 23.0 Å². The van der Waals surface area contributed by atoms with Crippen LogP contribution in [0.25, 0.3) is 5.57 Å². The van der Waals surface area contributed by atoms with E-state index in [9.17, 15) is 23.4 Å². The van der Waals surface area contributed by atoms with Crippen LogP contribution < -0.4 is 10.5 Å². The SMILES string of the molecule is C=C1C2=C(O)[C@]3(O)C(=C)C(C(N)=O)=C[C@@H](N(C)C)[C@@H]3C[C@@H]2Cc2ccc(NS(=O)(=O)c3c(C)noc3C)c(C)c21. The van der Waals surface area contributed by atoms with Crippen molar-refractivity contribution < 1.29 is 27.9 Å². The average Bonchev–Trinajstić information content (AvgIpc) is 3.21. The van der Waals surface area contributed by atoms with Crippen molar-refractivity contribution in [1.29, 1.82) is 0 Å². The minimum Gasteiger partial charge on any atom is -0.509 e. The number of nitrogens with one attached hydrogen (secondary N) is 1. The summed E-state index contributed by atoms with van der Waals surface area (Å²) in [5, 5.41) is 27.6. The zero-order valence-electron chi connectivity index (χ0n) is 23.2. The van der Waals surface area contributed by atoms with E-state index in [-0.39, 0.29) is 45.2 Å². The number of anilines is 1. The second kappa shape index (κ2) is 9.18. The molecule has 3 aliphatic carbocycles. The second-order valence-corrected chi connectivity index (χ2v) is 12.8. The third-order valence-corrected chi connectivity index (χ3v) is 10.2. The van der Waals surface area contributed by atoms with Crippen molar-refractivity contribution in [3.8, 4) is 0 Å². The van der Waals surface area contributed by atoms with Gasteiger partial charge in [0.1, 0.15) is 11.5 Å². The molecule has 1 amide bonds. The summed E-state index contributed by atoms with van der Waals surface area (Å²) in [6.07, 6.45) is 2.77. The molecular weight excluding hydrogens is 532 g/mol. The van der Waals surface area contributed by atoms with E-state index in [1.54, 1.807) is 26.0 Å². The Bertz CT molecular complexity index is 1650. The Hall–Kier alpha value is -3.67. The molecule has 40 heavy (non-hydrogen) atoms. The number of likely N-dealkylation sites (N-methyl/N-ethyl adjacent to an activating group) is 1. The molecule has 5 rings (SSSR count). The molecule has 0 bridgehead atoms. The van der Waals surface area contributed by atoms with Crippen molar-refractivity contribution in [2.75, 3.05) is 18.8 Å². The summed E-state index contributed by atoms with van der Waals surface area (Å²) in [6.45, 7) is 13.1. The molecular formula is C29H34N4O6S. The van der Waals surface area contributed by atoms with Crippen LogP contribution in [0.5, 0.6) is 0 Å². The molecule has 3 aliphatic rings. The first kappa shape index (κ1) is 27.9. The zero-order chi connectivity index (χ0) is 29.5. The molecule has 5 N–H and O–H groups in total. The van der Waals surface area contributed by atoms with E-state index in [0.717, 1.165) is 5.56 Å². The minimum atomic E-state index is -4.00. The number of aromatic nitrogens is 1. The zero-order valence-corrected chi connectivity index (χ0v) is 24.0. The molecule has 0 radical (unpaired) electrons. The number of aryl methyl sites for hydroxylation is 2.